The van der Waals surface area contributed by atoms with Crippen molar-refractivity contribution in [3.05, 3.63) is 29.1 Å². The zero-order chi connectivity index (χ0) is 9.97. The normalized spacial score (nSPS) is 10.7. The van der Waals surface area contributed by atoms with Crippen LogP contribution >= 0.6 is 11.3 Å². The van der Waals surface area contributed by atoms with Crippen molar-refractivity contribution in [2.75, 3.05) is 7.11 Å². The highest BCUT2D eigenvalue weighted by molar-refractivity contribution is 7.19. The highest BCUT2D eigenvalue weighted by Crippen LogP contribution is 2.29. The number of hydrogen-bond donors (Lipinski definition) is 1. The van der Waals surface area contributed by atoms with E-state index in [1.165, 1.54) is 10.1 Å². The molecule has 0 aliphatic heterocycles. The predicted octanol–water partition coefficient (Wildman–Crippen LogP) is 2.30. The number of hydrogen-bond acceptors (Lipinski definition) is 4. The molecule has 4 heteroatoms. The minimum atomic E-state index is 0.460. The Hall–Kier alpha value is -1.10. The van der Waals surface area contributed by atoms with E-state index in [9.17, 15) is 0 Å². The van der Waals surface area contributed by atoms with E-state index in [-0.39, 0.29) is 0 Å². The zero-order valence-electron chi connectivity index (χ0n) is 7.82. The van der Waals surface area contributed by atoms with Gasteiger partial charge in [0.1, 0.15) is 12.4 Å². The van der Waals surface area contributed by atoms with Crippen LogP contribution in [-0.2, 0) is 11.4 Å². The Kier molecular flexibility index (Phi) is 2.67. The van der Waals surface area contributed by atoms with Gasteiger partial charge in [-0.25, -0.2) is 5.90 Å². The lowest BCUT2D eigenvalue weighted by atomic mass is 10.2. The van der Waals surface area contributed by atoms with Gasteiger partial charge in [0.2, 0.25) is 0 Å². The van der Waals surface area contributed by atoms with Gasteiger partial charge in [0, 0.05) is 9.58 Å². The molecule has 1 heterocycles. The molecular formula is C10H11NO2S. The minimum absolute atomic E-state index is 0.460. The number of thiophene rings is 1. The second-order valence-corrected chi connectivity index (χ2v) is 4.10. The van der Waals surface area contributed by atoms with E-state index in [4.69, 9.17) is 10.6 Å². The lowest BCUT2D eigenvalue weighted by Crippen LogP contribution is -1.96. The predicted molar refractivity (Wildman–Crippen MR) is 57.4 cm³/mol. The molecule has 1 aromatic heterocycles. The third-order valence-electron chi connectivity index (χ3n) is 2.00. The fraction of sp³-hybridized carbons (Fsp3) is 0.200. The van der Waals surface area contributed by atoms with Gasteiger partial charge in [-0.2, -0.15) is 0 Å². The van der Waals surface area contributed by atoms with Crippen molar-refractivity contribution in [2.24, 2.45) is 5.90 Å². The maximum absolute atomic E-state index is 5.14. The van der Waals surface area contributed by atoms with Crippen molar-refractivity contribution in [3.63, 3.8) is 0 Å². The van der Waals surface area contributed by atoms with Crippen LogP contribution in [0.25, 0.3) is 10.1 Å². The van der Waals surface area contributed by atoms with Gasteiger partial charge in [-0.15, -0.1) is 11.3 Å². The van der Waals surface area contributed by atoms with Crippen molar-refractivity contribution in [1.29, 1.82) is 0 Å². The lowest BCUT2D eigenvalue weighted by molar-refractivity contribution is 0.126. The fourth-order valence-corrected chi connectivity index (χ4v) is 2.36. The van der Waals surface area contributed by atoms with Crippen molar-refractivity contribution in [3.8, 4) is 5.75 Å². The second kappa shape index (κ2) is 3.96. The summed E-state index contributed by atoms with van der Waals surface area (Å²) < 4.78 is 6.33. The van der Waals surface area contributed by atoms with Crippen LogP contribution in [0.2, 0.25) is 0 Å². The third-order valence-corrected chi connectivity index (χ3v) is 3.08. The average molecular weight is 209 g/mol. The third kappa shape index (κ3) is 1.72. The van der Waals surface area contributed by atoms with Gasteiger partial charge in [0.25, 0.3) is 0 Å². The van der Waals surface area contributed by atoms with Crippen molar-refractivity contribution in [2.45, 2.75) is 6.61 Å². The van der Waals surface area contributed by atoms with Gasteiger partial charge in [-0.1, -0.05) is 0 Å². The average Bonchev–Trinajstić information content (AvgIpc) is 2.59. The first kappa shape index (κ1) is 9.45. The Morgan fingerprint density at radius 3 is 2.93 bits per heavy atom. The molecule has 0 amide bonds. The first-order valence-corrected chi connectivity index (χ1v) is 5.03. The van der Waals surface area contributed by atoms with E-state index in [0.717, 1.165) is 10.6 Å². The van der Waals surface area contributed by atoms with E-state index in [0.29, 0.717) is 6.61 Å². The molecule has 0 saturated heterocycles. The number of fused-ring (bicyclic) bond motifs is 1. The van der Waals surface area contributed by atoms with Crippen LogP contribution in [0.5, 0.6) is 5.75 Å². The van der Waals surface area contributed by atoms with Crippen LogP contribution < -0.4 is 10.6 Å². The zero-order valence-corrected chi connectivity index (χ0v) is 8.64. The monoisotopic (exact) mass is 209 g/mol. The maximum Gasteiger partial charge on any atom is 0.120 e. The lowest BCUT2D eigenvalue weighted by Gasteiger charge is -1.97. The van der Waals surface area contributed by atoms with E-state index in [1.54, 1.807) is 18.4 Å². The summed E-state index contributed by atoms with van der Waals surface area (Å²) in [6, 6.07) is 8.07. The Balaban J connectivity index is 2.43. The van der Waals surface area contributed by atoms with Crippen molar-refractivity contribution in [1.82, 2.24) is 0 Å². The van der Waals surface area contributed by atoms with Crippen LogP contribution in [-0.4, -0.2) is 7.11 Å². The smallest absolute Gasteiger partial charge is 0.120 e. The topological polar surface area (TPSA) is 44.5 Å². The summed E-state index contributed by atoms with van der Waals surface area (Å²) in [5.41, 5.74) is 0. The SMILES string of the molecule is COc1ccc2cc(CON)sc2c1. The Morgan fingerprint density at radius 1 is 1.36 bits per heavy atom. The molecule has 0 bridgehead atoms. The number of benzene rings is 1. The summed E-state index contributed by atoms with van der Waals surface area (Å²) in [5.74, 6) is 5.90. The summed E-state index contributed by atoms with van der Waals surface area (Å²) >= 11 is 1.67. The first-order chi connectivity index (χ1) is 6.83. The molecule has 1 aromatic carbocycles. The van der Waals surface area contributed by atoms with Gasteiger partial charge < -0.3 is 4.74 Å². The molecule has 0 unspecified atom stereocenters. The van der Waals surface area contributed by atoms with Crippen LogP contribution in [0.4, 0.5) is 0 Å². The van der Waals surface area contributed by atoms with Gasteiger partial charge in [0.05, 0.1) is 7.11 Å². The molecule has 2 rings (SSSR count). The van der Waals surface area contributed by atoms with E-state index in [1.807, 2.05) is 18.2 Å². The number of ether oxygens (including phenoxy) is 1. The van der Waals surface area contributed by atoms with Crippen LogP contribution in [0.3, 0.4) is 0 Å². The van der Waals surface area contributed by atoms with Gasteiger partial charge in [0.15, 0.2) is 0 Å². The number of nitrogens with two attached hydrogens (primary N) is 1. The molecule has 3 nitrogen and oxygen atoms in total. The summed E-state index contributed by atoms with van der Waals surface area (Å²) in [4.78, 5) is 5.71. The fourth-order valence-electron chi connectivity index (χ4n) is 1.35. The van der Waals surface area contributed by atoms with Crippen molar-refractivity contribution < 1.29 is 9.57 Å². The molecule has 74 valence electrons. The largest absolute Gasteiger partial charge is 0.497 e. The van der Waals surface area contributed by atoms with Crippen molar-refractivity contribution >= 4 is 21.4 Å². The molecule has 2 N–H and O–H groups in total. The van der Waals surface area contributed by atoms with Crippen LogP contribution in [0.15, 0.2) is 24.3 Å². The van der Waals surface area contributed by atoms with Gasteiger partial charge in [-0.3, -0.25) is 4.84 Å². The highest BCUT2D eigenvalue weighted by atomic mass is 32.1. The number of rotatable bonds is 3. The molecule has 0 saturated carbocycles. The Bertz CT molecular complexity index is 439. The summed E-state index contributed by atoms with van der Waals surface area (Å²) in [6.45, 7) is 0.460. The standard InChI is InChI=1S/C10H11NO2S/c1-12-8-3-2-7-4-9(6-13-11)14-10(7)5-8/h2-5H,6,11H2,1H3. The van der Waals surface area contributed by atoms with Gasteiger partial charge in [-0.05, 0) is 29.7 Å². The van der Waals surface area contributed by atoms with Crippen LogP contribution in [0, 0.1) is 0 Å². The molecule has 2 aromatic rings. The molecule has 0 spiro atoms. The molecule has 0 radical (unpaired) electrons. The van der Waals surface area contributed by atoms with Crippen LogP contribution in [0.1, 0.15) is 4.88 Å². The maximum atomic E-state index is 5.14. The Morgan fingerprint density at radius 2 is 2.21 bits per heavy atom. The van der Waals surface area contributed by atoms with E-state index >= 15 is 0 Å². The molecule has 0 fully saturated rings. The first-order valence-electron chi connectivity index (χ1n) is 4.21. The number of methoxy groups -OCH3 is 1. The Labute approximate surface area is 86.0 Å². The van der Waals surface area contributed by atoms with Gasteiger partial charge >= 0.3 is 0 Å². The molecule has 0 atom stereocenters. The molecule has 14 heavy (non-hydrogen) atoms. The summed E-state index contributed by atoms with van der Waals surface area (Å²) in [7, 11) is 1.67. The quantitative estimate of drug-likeness (QED) is 0.789. The minimum Gasteiger partial charge on any atom is -0.497 e. The second-order valence-electron chi connectivity index (χ2n) is 2.93. The summed E-state index contributed by atoms with van der Waals surface area (Å²) in [6.07, 6.45) is 0. The highest BCUT2D eigenvalue weighted by Gasteiger charge is 2.02. The molecule has 0 aliphatic carbocycles. The summed E-state index contributed by atoms with van der Waals surface area (Å²) in [5, 5.41) is 1.20. The molecule has 0 aliphatic rings. The van der Waals surface area contributed by atoms with E-state index in [2.05, 4.69) is 10.9 Å². The molecular weight excluding hydrogens is 198 g/mol. The van der Waals surface area contributed by atoms with E-state index < -0.39 is 0 Å².